The van der Waals surface area contributed by atoms with E-state index in [1.54, 1.807) is 6.07 Å². The molecule has 6 nitrogen and oxygen atoms in total. The average molecular weight is 299 g/mol. The van der Waals surface area contributed by atoms with Crippen molar-refractivity contribution in [2.24, 2.45) is 0 Å². The van der Waals surface area contributed by atoms with Crippen molar-refractivity contribution in [3.8, 4) is 5.75 Å². The van der Waals surface area contributed by atoms with Gasteiger partial charge in [0.2, 0.25) is 10.0 Å². The SMILES string of the molecule is CN(CCOc1cccc(F)c1)S(=O)(=O)c1cn[nH]c1. The highest BCUT2D eigenvalue weighted by molar-refractivity contribution is 7.89. The quantitative estimate of drug-likeness (QED) is 0.871. The maximum Gasteiger partial charge on any atom is 0.246 e. The molecular weight excluding hydrogens is 285 g/mol. The van der Waals surface area contributed by atoms with Crippen LogP contribution < -0.4 is 4.74 Å². The van der Waals surface area contributed by atoms with Crippen molar-refractivity contribution in [1.29, 1.82) is 0 Å². The molecule has 8 heteroatoms. The van der Waals surface area contributed by atoms with E-state index >= 15 is 0 Å². The van der Waals surface area contributed by atoms with Crippen LogP contribution in [0, 0.1) is 5.82 Å². The highest BCUT2D eigenvalue weighted by atomic mass is 32.2. The van der Waals surface area contributed by atoms with Crippen molar-refractivity contribution in [3.05, 3.63) is 42.5 Å². The van der Waals surface area contributed by atoms with Crippen molar-refractivity contribution in [1.82, 2.24) is 14.5 Å². The van der Waals surface area contributed by atoms with E-state index in [4.69, 9.17) is 4.74 Å². The summed E-state index contributed by atoms with van der Waals surface area (Å²) in [6, 6.07) is 5.68. The normalized spacial score (nSPS) is 11.8. The summed E-state index contributed by atoms with van der Waals surface area (Å²) in [5.74, 6) is -0.0408. The highest BCUT2D eigenvalue weighted by Crippen LogP contribution is 2.13. The molecule has 1 aromatic carbocycles. The highest BCUT2D eigenvalue weighted by Gasteiger charge is 2.21. The molecule has 2 aromatic rings. The van der Waals surface area contributed by atoms with Gasteiger partial charge in [-0.15, -0.1) is 0 Å². The Morgan fingerprint density at radius 3 is 2.90 bits per heavy atom. The number of aromatic nitrogens is 2. The number of hydrogen-bond donors (Lipinski definition) is 1. The topological polar surface area (TPSA) is 75.3 Å². The molecule has 0 amide bonds. The lowest BCUT2D eigenvalue weighted by Gasteiger charge is -2.16. The van der Waals surface area contributed by atoms with Crippen molar-refractivity contribution < 1.29 is 17.5 Å². The van der Waals surface area contributed by atoms with Crippen LogP contribution in [-0.4, -0.2) is 43.1 Å². The molecule has 2 rings (SSSR count). The predicted octanol–water partition coefficient (Wildman–Crippen LogP) is 1.25. The van der Waals surface area contributed by atoms with Crippen molar-refractivity contribution in [2.75, 3.05) is 20.2 Å². The molecule has 0 aliphatic heterocycles. The molecule has 0 spiro atoms. The van der Waals surface area contributed by atoms with E-state index < -0.39 is 15.8 Å². The lowest BCUT2D eigenvalue weighted by Crippen LogP contribution is -2.30. The Bertz CT molecular complexity index is 658. The third-order valence-electron chi connectivity index (χ3n) is 2.65. The number of ether oxygens (including phenoxy) is 1. The number of likely N-dealkylation sites (N-methyl/N-ethyl adjacent to an activating group) is 1. The van der Waals surface area contributed by atoms with Crippen LogP contribution in [0.3, 0.4) is 0 Å². The number of H-pyrrole nitrogens is 1. The first kappa shape index (κ1) is 14.5. The van der Waals surface area contributed by atoms with Gasteiger partial charge in [-0.05, 0) is 12.1 Å². The lowest BCUT2D eigenvalue weighted by atomic mass is 10.3. The van der Waals surface area contributed by atoms with Crippen LogP contribution in [0.15, 0.2) is 41.6 Å². The molecule has 0 aliphatic carbocycles. The summed E-state index contributed by atoms with van der Waals surface area (Å²) < 4.78 is 43.5. The Hall–Kier alpha value is -1.93. The van der Waals surface area contributed by atoms with E-state index in [0.29, 0.717) is 5.75 Å². The van der Waals surface area contributed by atoms with Gasteiger partial charge in [-0.2, -0.15) is 9.40 Å². The molecule has 0 unspecified atom stereocenters. The minimum absolute atomic E-state index is 0.0887. The van der Waals surface area contributed by atoms with Crippen LogP contribution in [0.4, 0.5) is 4.39 Å². The van der Waals surface area contributed by atoms with Crippen LogP contribution >= 0.6 is 0 Å². The molecule has 20 heavy (non-hydrogen) atoms. The predicted molar refractivity (Wildman–Crippen MR) is 70.3 cm³/mol. The van der Waals surface area contributed by atoms with E-state index in [1.165, 1.54) is 37.6 Å². The van der Waals surface area contributed by atoms with Gasteiger partial charge in [0.1, 0.15) is 23.1 Å². The first-order valence-electron chi connectivity index (χ1n) is 5.83. The van der Waals surface area contributed by atoms with Crippen LogP contribution in [0.5, 0.6) is 5.75 Å². The smallest absolute Gasteiger partial charge is 0.246 e. The fraction of sp³-hybridized carbons (Fsp3) is 0.250. The summed E-state index contributed by atoms with van der Waals surface area (Å²) in [5.41, 5.74) is 0. The first-order chi connectivity index (χ1) is 9.50. The zero-order chi connectivity index (χ0) is 14.6. The second-order valence-electron chi connectivity index (χ2n) is 4.07. The fourth-order valence-electron chi connectivity index (χ4n) is 1.53. The largest absolute Gasteiger partial charge is 0.492 e. The van der Waals surface area contributed by atoms with Crippen LogP contribution in [0.25, 0.3) is 0 Å². The lowest BCUT2D eigenvalue weighted by molar-refractivity contribution is 0.285. The minimum atomic E-state index is -3.57. The number of halogens is 1. The number of aromatic amines is 1. The average Bonchev–Trinajstić information content (AvgIpc) is 2.93. The summed E-state index contributed by atoms with van der Waals surface area (Å²) in [6.07, 6.45) is 2.54. The van der Waals surface area contributed by atoms with E-state index in [-0.39, 0.29) is 18.0 Å². The molecule has 0 fully saturated rings. The van der Waals surface area contributed by atoms with E-state index in [0.717, 1.165) is 4.31 Å². The second-order valence-corrected chi connectivity index (χ2v) is 6.11. The van der Waals surface area contributed by atoms with Crippen molar-refractivity contribution >= 4 is 10.0 Å². The standard InChI is InChI=1S/C12H14FN3O3S/c1-16(20(17,18)12-8-14-15-9-12)5-6-19-11-4-2-3-10(13)7-11/h2-4,7-9H,5-6H2,1H3,(H,14,15). The molecule has 0 saturated carbocycles. The van der Waals surface area contributed by atoms with Gasteiger partial charge in [-0.3, -0.25) is 5.10 Å². The Morgan fingerprint density at radius 2 is 2.25 bits per heavy atom. The molecule has 1 N–H and O–H groups in total. The number of nitrogens with one attached hydrogen (secondary N) is 1. The Balaban J connectivity index is 1.91. The summed E-state index contributed by atoms with van der Waals surface area (Å²) in [4.78, 5) is 0.0887. The van der Waals surface area contributed by atoms with Crippen LogP contribution in [0.2, 0.25) is 0 Å². The summed E-state index contributed by atoms with van der Waals surface area (Å²) in [7, 11) is -2.13. The maximum absolute atomic E-state index is 12.9. The Labute approximate surface area is 116 Å². The zero-order valence-electron chi connectivity index (χ0n) is 10.8. The Kier molecular flexibility index (Phi) is 4.35. The van der Waals surface area contributed by atoms with Gasteiger partial charge in [-0.25, -0.2) is 12.8 Å². The second kappa shape index (κ2) is 6.02. The monoisotopic (exact) mass is 299 g/mol. The molecule has 1 heterocycles. The first-order valence-corrected chi connectivity index (χ1v) is 7.27. The molecule has 0 radical (unpaired) electrons. The van der Waals surface area contributed by atoms with E-state index in [9.17, 15) is 12.8 Å². The van der Waals surface area contributed by atoms with Gasteiger partial charge in [0.25, 0.3) is 0 Å². The number of sulfonamides is 1. The van der Waals surface area contributed by atoms with Gasteiger partial charge in [0.15, 0.2) is 0 Å². The fourth-order valence-corrected chi connectivity index (χ4v) is 2.59. The van der Waals surface area contributed by atoms with Crippen molar-refractivity contribution in [3.63, 3.8) is 0 Å². The summed E-state index contributed by atoms with van der Waals surface area (Å²) in [5, 5.41) is 6.05. The maximum atomic E-state index is 12.9. The number of rotatable bonds is 6. The van der Waals surface area contributed by atoms with Crippen molar-refractivity contribution in [2.45, 2.75) is 4.90 Å². The summed E-state index contributed by atoms with van der Waals surface area (Å²) >= 11 is 0. The molecular formula is C12H14FN3O3S. The molecule has 0 saturated heterocycles. The third-order valence-corrected chi connectivity index (χ3v) is 4.47. The van der Waals surface area contributed by atoms with Gasteiger partial charge in [-0.1, -0.05) is 6.07 Å². The van der Waals surface area contributed by atoms with Crippen LogP contribution in [-0.2, 0) is 10.0 Å². The Morgan fingerprint density at radius 1 is 1.45 bits per heavy atom. The van der Waals surface area contributed by atoms with Crippen LogP contribution in [0.1, 0.15) is 0 Å². The van der Waals surface area contributed by atoms with E-state index in [1.807, 2.05) is 0 Å². The van der Waals surface area contributed by atoms with Gasteiger partial charge < -0.3 is 4.74 Å². The molecule has 108 valence electrons. The molecule has 0 atom stereocenters. The molecule has 1 aromatic heterocycles. The van der Waals surface area contributed by atoms with Gasteiger partial charge in [0, 0.05) is 25.9 Å². The van der Waals surface area contributed by atoms with E-state index in [2.05, 4.69) is 10.2 Å². The minimum Gasteiger partial charge on any atom is -0.492 e. The van der Waals surface area contributed by atoms with Gasteiger partial charge in [0.05, 0.1) is 6.20 Å². The third kappa shape index (κ3) is 3.34. The number of benzene rings is 1. The molecule has 0 bridgehead atoms. The summed E-state index contributed by atoms with van der Waals surface area (Å²) in [6.45, 7) is 0.265. The number of hydrogen-bond acceptors (Lipinski definition) is 4. The van der Waals surface area contributed by atoms with Gasteiger partial charge >= 0.3 is 0 Å². The number of nitrogens with zero attached hydrogens (tertiary/aromatic N) is 2. The zero-order valence-corrected chi connectivity index (χ0v) is 11.6. The molecule has 0 aliphatic rings.